The largest absolute Gasteiger partial charge is 0.392 e. The van der Waals surface area contributed by atoms with Crippen molar-refractivity contribution in [1.29, 1.82) is 0 Å². The molecule has 1 saturated heterocycles. The van der Waals surface area contributed by atoms with Crippen LogP contribution in [0, 0.1) is 5.92 Å². The van der Waals surface area contributed by atoms with Crippen LogP contribution in [0.1, 0.15) is 44.6 Å². The van der Waals surface area contributed by atoms with Gasteiger partial charge in [0.05, 0.1) is 6.61 Å². The molecule has 2 heterocycles. The number of hydrogen-bond donors (Lipinski definition) is 1. The maximum atomic E-state index is 9.39. The second-order valence-corrected chi connectivity index (χ2v) is 5.24. The van der Waals surface area contributed by atoms with E-state index in [2.05, 4.69) is 16.8 Å². The van der Waals surface area contributed by atoms with E-state index in [1.54, 1.807) is 6.20 Å². The molecule has 2 rings (SSSR count). The first-order chi connectivity index (χ1) is 8.85. The summed E-state index contributed by atoms with van der Waals surface area (Å²) in [5, 5.41) is 9.39. The van der Waals surface area contributed by atoms with Crippen molar-refractivity contribution in [3.8, 4) is 0 Å². The molecule has 1 aliphatic heterocycles. The average molecular weight is 248 g/mol. The maximum Gasteiger partial charge on any atom is 0.0717 e. The van der Waals surface area contributed by atoms with Crippen LogP contribution < -0.4 is 4.90 Å². The standard InChI is InChI=1S/C15H24N2O/c1-2-4-13-5-3-9-17(10-7-13)15-6-8-16-11-14(15)12-18/h6,8,11,13,18H,2-5,7,9-10,12H2,1H3. The van der Waals surface area contributed by atoms with Crippen LogP contribution in [0.4, 0.5) is 5.69 Å². The Bertz CT molecular complexity index is 367. The van der Waals surface area contributed by atoms with Crippen molar-refractivity contribution in [2.24, 2.45) is 5.92 Å². The minimum atomic E-state index is 0.0814. The first-order valence-corrected chi connectivity index (χ1v) is 7.13. The van der Waals surface area contributed by atoms with Crippen LogP contribution in [0.25, 0.3) is 0 Å². The Hall–Kier alpha value is -1.09. The molecule has 0 amide bonds. The van der Waals surface area contributed by atoms with Crippen LogP contribution >= 0.6 is 0 Å². The molecular weight excluding hydrogens is 224 g/mol. The van der Waals surface area contributed by atoms with Gasteiger partial charge in [0.15, 0.2) is 0 Å². The molecule has 1 aromatic rings. The van der Waals surface area contributed by atoms with Gasteiger partial charge in [-0.15, -0.1) is 0 Å². The van der Waals surface area contributed by atoms with Gasteiger partial charge >= 0.3 is 0 Å². The van der Waals surface area contributed by atoms with E-state index in [1.807, 2.05) is 12.3 Å². The van der Waals surface area contributed by atoms with Crippen LogP contribution in [0.2, 0.25) is 0 Å². The Labute approximate surface area is 110 Å². The van der Waals surface area contributed by atoms with Gasteiger partial charge in [-0.25, -0.2) is 0 Å². The van der Waals surface area contributed by atoms with Gasteiger partial charge < -0.3 is 10.0 Å². The second kappa shape index (κ2) is 6.74. The Morgan fingerprint density at radius 1 is 1.39 bits per heavy atom. The second-order valence-electron chi connectivity index (χ2n) is 5.24. The number of aliphatic hydroxyl groups is 1. The summed E-state index contributed by atoms with van der Waals surface area (Å²) in [5.41, 5.74) is 2.12. The molecule has 0 aliphatic carbocycles. The lowest BCUT2D eigenvalue weighted by Crippen LogP contribution is -2.25. The third-order valence-electron chi connectivity index (χ3n) is 3.93. The molecule has 18 heavy (non-hydrogen) atoms. The van der Waals surface area contributed by atoms with Gasteiger partial charge in [-0.1, -0.05) is 19.8 Å². The fourth-order valence-corrected chi connectivity index (χ4v) is 2.95. The van der Waals surface area contributed by atoms with E-state index in [-0.39, 0.29) is 6.61 Å². The Morgan fingerprint density at radius 3 is 3.06 bits per heavy atom. The van der Waals surface area contributed by atoms with Gasteiger partial charge in [0.25, 0.3) is 0 Å². The van der Waals surface area contributed by atoms with E-state index in [0.29, 0.717) is 0 Å². The van der Waals surface area contributed by atoms with Crippen molar-refractivity contribution in [3.05, 3.63) is 24.0 Å². The maximum absolute atomic E-state index is 9.39. The van der Waals surface area contributed by atoms with Crippen LogP contribution in [0.5, 0.6) is 0 Å². The fraction of sp³-hybridized carbons (Fsp3) is 0.667. The highest BCUT2D eigenvalue weighted by molar-refractivity contribution is 5.52. The smallest absolute Gasteiger partial charge is 0.0717 e. The number of hydrogen-bond acceptors (Lipinski definition) is 3. The van der Waals surface area contributed by atoms with Crippen molar-refractivity contribution in [2.45, 2.75) is 45.6 Å². The number of nitrogens with zero attached hydrogens (tertiary/aromatic N) is 2. The van der Waals surface area contributed by atoms with Crippen molar-refractivity contribution in [2.75, 3.05) is 18.0 Å². The summed E-state index contributed by atoms with van der Waals surface area (Å²) in [6.45, 7) is 4.58. The first kappa shape index (κ1) is 13.3. The molecule has 100 valence electrons. The lowest BCUT2D eigenvalue weighted by Gasteiger charge is -2.24. The summed E-state index contributed by atoms with van der Waals surface area (Å²) in [4.78, 5) is 6.51. The molecule has 1 unspecified atom stereocenters. The Kier molecular flexibility index (Phi) is 5.00. The zero-order chi connectivity index (χ0) is 12.8. The summed E-state index contributed by atoms with van der Waals surface area (Å²) >= 11 is 0. The van der Waals surface area contributed by atoms with Gasteiger partial charge in [-0.3, -0.25) is 4.98 Å². The molecule has 1 N–H and O–H groups in total. The van der Waals surface area contributed by atoms with Crippen LogP contribution in [0.3, 0.4) is 0 Å². The molecule has 3 heteroatoms. The molecule has 0 spiro atoms. The highest BCUT2D eigenvalue weighted by atomic mass is 16.3. The van der Waals surface area contributed by atoms with Crippen molar-refractivity contribution in [3.63, 3.8) is 0 Å². The summed E-state index contributed by atoms with van der Waals surface area (Å²) in [7, 11) is 0. The number of rotatable bonds is 4. The molecule has 3 nitrogen and oxygen atoms in total. The van der Waals surface area contributed by atoms with E-state index in [0.717, 1.165) is 24.6 Å². The van der Waals surface area contributed by atoms with E-state index < -0.39 is 0 Å². The number of aliphatic hydroxyl groups excluding tert-OH is 1. The van der Waals surface area contributed by atoms with Gasteiger partial charge in [0, 0.05) is 36.7 Å². The van der Waals surface area contributed by atoms with E-state index in [4.69, 9.17) is 0 Å². The molecule has 1 aromatic heterocycles. The van der Waals surface area contributed by atoms with Gasteiger partial charge in [0.2, 0.25) is 0 Å². The fourth-order valence-electron chi connectivity index (χ4n) is 2.95. The lowest BCUT2D eigenvalue weighted by molar-refractivity contribution is 0.281. The molecule has 0 saturated carbocycles. The molecule has 0 aromatic carbocycles. The lowest BCUT2D eigenvalue weighted by atomic mass is 9.96. The van der Waals surface area contributed by atoms with Gasteiger partial charge in [-0.05, 0) is 31.2 Å². The number of pyridine rings is 1. The molecule has 0 radical (unpaired) electrons. The molecule has 1 aliphatic rings. The molecule has 1 atom stereocenters. The van der Waals surface area contributed by atoms with Crippen molar-refractivity contribution >= 4 is 5.69 Å². The monoisotopic (exact) mass is 248 g/mol. The van der Waals surface area contributed by atoms with E-state index in [1.165, 1.54) is 37.8 Å². The Balaban J connectivity index is 2.05. The number of anilines is 1. The van der Waals surface area contributed by atoms with Crippen LogP contribution in [-0.2, 0) is 6.61 Å². The van der Waals surface area contributed by atoms with Gasteiger partial charge in [-0.2, -0.15) is 0 Å². The predicted octanol–water partition coefficient (Wildman–Crippen LogP) is 2.98. The van der Waals surface area contributed by atoms with E-state index in [9.17, 15) is 5.11 Å². The first-order valence-electron chi connectivity index (χ1n) is 7.13. The van der Waals surface area contributed by atoms with Crippen molar-refractivity contribution < 1.29 is 5.11 Å². The summed E-state index contributed by atoms with van der Waals surface area (Å²) < 4.78 is 0. The topological polar surface area (TPSA) is 36.4 Å². The SMILES string of the molecule is CCCC1CCCN(c2ccncc2CO)CC1. The molecule has 1 fully saturated rings. The average Bonchev–Trinajstić information content (AvgIpc) is 2.65. The van der Waals surface area contributed by atoms with Crippen LogP contribution in [0.15, 0.2) is 18.5 Å². The normalized spacial score (nSPS) is 20.8. The molecule has 0 bridgehead atoms. The zero-order valence-corrected chi connectivity index (χ0v) is 11.3. The minimum Gasteiger partial charge on any atom is -0.392 e. The highest BCUT2D eigenvalue weighted by Gasteiger charge is 2.18. The summed E-state index contributed by atoms with van der Waals surface area (Å²) in [6, 6.07) is 2.03. The predicted molar refractivity (Wildman–Crippen MR) is 74.6 cm³/mol. The van der Waals surface area contributed by atoms with Gasteiger partial charge in [0.1, 0.15) is 0 Å². The summed E-state index contributed by atoms with van der Waals surface area (Å²) in [5.74, 6) is 0.888. The number of aromatic nitrogens is 1. The quantitative estimate of drug-likeness (QED) is 0.890. The zero-order valence-electron chi connectivity index (χ0n) is 11.3. The highest BCUT2D eigenvalue weighted by Crippen LogP contribution is 2.27. The Morgan fingerprint density at radius 2 is 2.28 bits per heavy atom. The van der Waals surface area contributed by atoms with Crippen molar-refractivity contribution in [1.82, 2.24) is 4.98 Å². The van der Waals surface area contributed by atoms with E-state index >= 15 is 0 Å². The van der Waals surface area contributed by atoms with Crippen LogP contribution in [-0.4, -0.2) is 23.2 Å². The summed E-state index contributed by atoms with van der Waals surface area (Å²) in [6.07, 6.45) is 10.1. The third kappa shape index (κ3) is 3.22. The minimum absolute atomic E-state index is 0.0814. The third-order valence-corrected chi connectivity index (χ3v) is 3.93. The molecular formula is C15H24N2O.